The molecule has 0 spiro atoms. The highest BCUT2D eigenvalue weighted by molar-refractivity contribution is 6.09. The first-order valence-electron chi connectivity index (χ1n) is 14.3. The maximum Gasteiger partial charge on any atom is 0.299 e. The zero-order valence-corrected chi connectivity index (χ0v) is 23.8. The summed E-state index contributed by atoms with van der Waals surface area (Å²) in [5, 5.41) is 1.69. The fourth-order valence-electron chi connectivity index (χ4n) is 6.38. The Hall–Kier alpha value is -5.55. The molecule has 4 nitrogen and oxygen atoms in total. The Bertz CT molecular complexity index is 2260. The second kappa shape index (κ2) is 9.78. The van der Waals surface area contributed by atoms with Crippen molar-refractivity contribution in [2.45, 2.75) is 6.92 Å². The van der Waals surface area contributed by atoms with Gasteiger partial charge in [0.1, 0.15) is 11.3 Å². The Morgan fingerprint density at radius 3 is 2.00 bits per heavy atom. The smallest absolute Gasteiger partial charge is 0.299 e. The van der Waals surface area contributed by atoms with Gasteiger partial charge in [-0.3, -0.25) is 0 Å². The third kappa shape index (κ3) is 3.89. The van der Waals surface area contributed by atoms with Crippen LogP contribution in [0, 0.1) is 12.9 Å². The predicted octanol–water partition coefficient (Wildman–Crippen LogP) is 9.20. The molecule has 3 heterocycles. The number of furan rings is 1. The molecule has 8 rings (SSSR count). The summed E-state index contributed by atoms with van der Waals surface area (Å²) < 4.78 is 25.2. The molecule has 0 amide bonds. The van der Waals surface area contributed by atoms with Gasteiger partial charge >= 0.3 is 0 Å². The lowest BCUT2D eigenvalue weighted by Gasteiger charge is -2.15. The van der Waals surface area contributed by atoms with Gasteiger partial charge in [-0.15, -0.1) is 0 Å². The molecule has 0 N–H and O–H groups in total. The molecule has 0 saturated carbocycles. The van der Waals surface area contributed by atoms with E-state index in [-0.39, 0.29) is 0 Å². The minimum Gasteiger partial charge on any atom is -0.437 e. The molecule has 0 aliphatic carbocycles. The van der Waals surface area contributed by atoms with E-state index < -0.39 is 5.95 Å². The highest BCUT2D eigenvalue weighted by atomic mass is 19.1. The molecule has 3 aromatic heterocycles. The minimum absolute atomic E-state index is 0.293. The van der Waals surface area contributed by atoms with Gasteiger partial charge in [0.2, 0.25) is 11.7 Å². The number of para-hydroxylation sites is 3. The first-order valence-corrected chi connectivity index (χ1v) is 14.3. The van der Waals surface area contributed by atoms with Crippen LogP contribution in [0.1, 0.15) is 5.56 Å². The van der Waals surface area contributed by atoms with Crippen molar-refractivity contribution in [3.05, 3.63) is 139 Å². The standard InChI is InChI=1S/C38H27FN3O/c1-24-20-21-29-30-22-23-33(39)40-37(30)43-36(29)34(24)38-41(2)31-18-9-10-19-32(31)42(38)35-27(25-12-5-3-6-13-25)16-11-17-28(35)26-14-7-4-8-15-26/h3-23H,1-2H3/q+1. The van der Waals surface area contributed by atoms with Crippen molar-refractivity contribution in [3.8, 4) is 39.3 Å². The van der Waals surface area contributed by atoms with Crippen LogP contribution in [0.3, 0.4) is 0 Å². The van der Waals surface area contributed by atoms with Crippen LogP contribution >= 0.6 is 0 Å². The average Bonchev–Trinajstić information content (AvgIpc) is 3.55. The molecular formula is C38H27FN3O+. The number of imidazole rings is 1. The Balaban J connectivity index is 1.57. The Labute approximate surface area is 247 Å². The molecule has 5 aromatic carbocycles. The summed E-state index contributed by atoms with van der Waals surface area (Å²) in [6.07, 6.45) is 0. The quantitative estimate of drug-likeness (QED) is 0.159. The lowest BCUT2D eigenvalue weighted by Crippen LogP contribution is -2.30. The van der Waals surface area contributed by atoms with Crippen LogP contribution in [0.5, 0.6) is 0 Å². The number of halogens is 1. The average molecular weight is 561 g/mol. The van der Waals surface area contributed by atoms with Crippen LogP contribution in [0.2, 0.25) is 0 Å². The van der Waals surface area contributed by atoms with E-state index in [0.717, 1.165) is 66.7 Å². The van der Waals surface area contributed by atoms with Crippen LogP contribution in [0.15, 0.2) is 132 Å². The second-order valence-electron chi connectivity index (χ2n) is 10.9. The molecule has 5 heteroatoms. The predicted molar refractivity (Wildman–Crippen MR) is 171 cm³/mol. The van der Waals surface area contributed by atoms with Crippen LogP contribution in [0.4, 0.5) is 4.39 Å². The van der Waals surface area contributed by atoms with E-state index in [2.05, 4.69) is 125 Å². The molecular weight excluding hydrogens is 533 g/mol. The van der Waals surface area contributed by atoms with Crippen molar-refractivity contribution >= 4 is 33.1 Å². The van der Waals surface area contributed by atoms with E-state index in [4.69, 9.17) is 4.42 Å². The van der Waals surface area contributed by atoms with Crippen molar-refractivity contribution in [1.82, 2.24) is 9.55 Å². The fraction of sp³-hybridized carbons (Fsp3) is 0.0526. The molecule has 0 radical (unpaired) electrons. The number of rotatable bonds is 4. The highest BCUT2D eigenvalue weighted by Crippen LogP contribution is 2.43. The molecule has 0 saturated heterocycles. The van der Waals surface area contributed by atoms with E-state index in [0.29, 0.717) is 11.3 Å². The third-order valence-electron chi connectivity index (χ3n) is 8.35. The van der Waals surface area contributed by atoms with E-state index in [1.54, 1.807) is 6.07 Å². The fourth-order valence-corrected chi connectivity index (χ4v) is 6.38. The first kappa shape index (κ1) is 25.2. The van der Waals surface area contributed by atoms with Gasteiger partial charge in [0.05, 0.1) is 7.05 Å². The molecule has 0 aliphatic heterocycles. The summed E-state index contributed by atoms with van der Waals surface area (Å²) in [4.78, 5) is 4.08. The molecule has 0 aliphatic rings. The van der Waals surface area contributed by atoms with Crippen molar-refractivity contribution in [2.75, 3.05) is 0 Å². The number of aryl methyl sites for hydroxylation is 2. The molecule has 8 aromatic rings. The van der Waals surface area contributed by atoms with Gasteiger partial charge in [-0.1, -0.05) is 103 Å². The van der Waals surface area contributed by atoms with Crippen LogP contribution in [0.25, 0.3) is 72.4 Å². The number of hydrogen-bond donors (Lipinski definition) is 0. The number of aromatic nitrogens is 3. The summed E-state index contributed by atoms with van der Waals surface area (Å²) in [7, 11) is 2.10. The van der Waals surface area contributed by atoms with Crippen LogP contribution < -0.4 is 4.57 Å². The number of benzene rings is 5. The highest BCUT2D eigenvalue weighted by Gasteiger charge is 2.33. The molecule has 0 unspecified atom stereocenters. The zero-order valence-electron chi connectivity index (χ0n) is 23.8. The van der Waals surface area contributed by atoms with Gasteiger partial charge < -0.3 is 4.42 Å². The zero-order chi connectivity index (χ0) is 29.1. The normalized spacial score (nSPS) is 11.6. The first-order chi connectivity index (χ1) is 21.1. The van der Waals surface area contributed by atoms with Gasteiger partial charge in [-0.05, 0) is 47.9 Å². The van der Waals surface area contributed by atoms with Crippen LogP contribution in [-0.4, -0.2) is 9.55 Å². The summed E-state index contributed by atoms with van der Waals surface area (Å²) >= 11 is 0. The van der Waals surface area contributed by atoms with E-state index in [9.17, 15) is 4.39 Å². The lowest BCUT2D eigenvalue weighted by molar-refractivity contribution is -0.633. The molecule has 43 heavy (non-hydrogen) atoms. The lowest BCUT2D eigenvalue weighted by atomic mass is 9.95. The Kier molecular flexibility index (Phi) is 5.73. The Morgan fingerprint density at radius 2 is 1.30 bits per heavy atom. The number of nitrogens with zero attached hydrogens (tertiary/aromatic N) is 3. The third-order valence-corrected chi connectivity index (χ3v) is 8.35. The van der Waals surface area contributed by atoms with Crippen molar-refractivity contribution in [3.63, 3.8) is 0 Å². The summed E-state index contributed by atoms with van der Waals surface area (Å²) in [5.41, 5.74) is 10.7. The largest absolute Gasteiger partial charge is 0.437 e. The van der Waals surface area contributed by atoms with E-state index in [1.165, 1.54) is 6.07 Å². The van der Waals surface area contributed by atoms with Gasteiger partial charge in [-0.2, -0.15) is 13.9 Å². The topological polar surface area (TPSA) is 34.8 Å². The molecule has 0 fully saturated rings. The summed E-state index contributed by atoms with van der Waals surface area (Å²) in [6.45, 7) is 2.10. The summed E-state index contributed by atoms with van der Waals surface area (Å²) in [6, 6.07) is 43.3. The van der Waals surface area contributed by atoms with Crippen molar-refractivity contribution < 1.29 is 13.4 Å². The van der Waals surface area contributed by atoms with E-state index >= 15 is 0 Å². The Morgan fingerprint density at radius 1 is 0.674 bits per heavy atom. The van der Waals surface area contributed by atoms with Gasteiger partial charge in [0.25, 0.3) is 5.82 Å². The SMILES string of the molecule is Cc1ccc2c(oc3nc(F)ccc32)c1-c1n(-c2c(-c3ccccc3)cccc2-c2ccccc2)c2ccccc2[n+]1C. The molecule has 0 atom stereocenters. The second-order valence-corrected chi connectivity index (χ2v) is 10.9. The minimum atomic E-state index is -0.561. The van der Waals surface area contributed by atoms with Crippen molar-refractivity contribution in [1.29, 1.82) is 0 Å². The number of fused-ring (bicyclic) bond motifs is 4. The summed E-state index contributed by atoms with van der Waals surface area (Å²) in [5.74, 6) is 0.401. The molecule has 0 bridgehead atoms. The maximum atomic E-state index is 14.2. The van der Waals surface area contributed by atoms with E-state index in [1.807, 2.05) is 18.2 Å². The number of pyridine rings is 1. The van der Waals surface area contributed by atoms with Gasteiger partial charge in [0.15, 0.2) is 16.6 Å². The monoisotopic (exact) mass is 560 g/mol. The number of hydrogen-bond acceptors (Lipinski definition) is 2. The molecule has 206 valence electrons. The van der Waals surface area contributed by atoms with Crippen LogP contribution in [-0.2, 0) is 7.05 Å². The van der Waals surface area contributed by atoms with Crippen molar-refractivity contribution in [2.24, 2.45) is 7.05 Å². The van der Waals surface area contributed by atoms with Gasteiger partial charge in [-0.25, -0.2) is 4.57 Å². The maximum absolute atomic E-state index is 14.2. The van der Waals surface area contributed by atoms with Gasteiger partial charge in [0, 0.05) is 21.9 Å².